The monoisotopic (exact) mass is 422 g/mol. The third-order valence-corrected chi connectivity index (χ3v) is 9.46. The van der Waals surface area contributed by atoms with Crippen molar-refractivity contribution < 1.29 is 9.59 Å². The maximum atomic E-state index is 13.5. The third kappa shape index (κ3) is 2.56. The van der Waals surface area contributed by atoms with E-state index in [2.05, 4.69) is 40.7 Å². The van der Waals surface area contributed by atoms with Crippen LogP contribution in [0.3, 0.4) is 0 Å². The van der Waals surface area contributed by atoms with Crippen LogP contribution in [0.4, 0.5) is 5.00 Å². The molecule has 5 heteroatoms. The van der Waals surface area contributed by atoms with Gasteiger partial charge in [-0.25, -0.2) is 4.90 Å². The lowest BCUT2D eigenvalue weighted by Crippen LogP contribution is -2.33. The predicted octanol–water partition coefficient (Wildman–Crippen LogP) is 5.25. The van der Waals surface area contributed by atoms with Crippen LogP contribution < -0.4 is 4.90 Å². The zero-order valence-electron chi connectivity index (χ0n) is 18.5. The molecule has 1 aliphatic heterocycles. The van der Waals surface area contributed by atoms with Crippen LogP contribution in [-0.2, 0) is 22.4 Å². The minimum Gasteiger partial charge on any atom is -0.274 e. The second-order valence-corrected chi connectivity index (χ2v) is 12.0. The number of carbonyl (C=O) groups is 2. The normalized spacial score (nSPS) is 32.5. The summed E-state index contributed by atoms with van der Waals surface area (Å²) in [4.78, 5) is 29.7. The fourth-order valence-corrected chi connectivity index (χ4v) is 8.16. The van der Waals surface area contributed by atoms with E-state index in [0.29, 0.717) is 16.5 Å². The smallest absolute Gasteiger partial charge is 0.239 e. The number of hydrogen-bond acceptors (Lipinski definition) is 4. The van der Waals surface area contributed by atoms with Gasteiger partial charge in [-0.15, -0.1) is 11.3 Å². The maximum Gasteiger partial charge on any atom is 0.239 e. The molecule has 30 heavy (non-hydrogen) atoms. The molecule has 1 aromatic heterocycles. The standard InChI is InChI=1S/C25H30N2O2S/c1-12(2)19-15-8-9-16(19)21-20(15)22(28)27(23(21)29)24-17(11-26)14-7-6-13(25(3,4)5)10-18(14)30-24/h13,15-16,20-21H,6-10H2,1-5H3/t13-,15+,16+,20+,21+/m1/s1. The van der Waals surface area contributed by atoms with Crippen molar-refractivity contribution in [1.29, 1.82) is 5.26 Å². The van der Waals surface area contributed by atoms with Gasteiger partial charge in [0.1, 0.15) is 11.1 Å². The fourth-order valence-electron chi connectivity index (χ4n) is 6.78. The first-order chi connectivity index (χ1) is 14.1. The maximum absolute atomic E-state index is 13.5. The van der Waals surface area contributed by atoms with Crippen LogP contribution in [0.15, 0.2) is 11.1 Å². The number of allylic oxidation sites excluding steroid dienone is 2. The first-order valence-electron chi connectivity index (χ1n) is 11.2. The highest BCUT2D eigenvalue weighted by molar-refractivity contribution is 7.17. The van der Waals surface area contributed by atoms with Crippen molar-refractivity contribution in [3.63, 3.8) is 0 Å². The summed E-state index contributed by atoms with van der Waals surface area (Å²) in [6, 6.07) is 2.36. The minimum absolute atomic E-state index is 0.0570. The van der Waals surface area contributed by atoms with Crippen molar-refractivity contribution in [3.05, 3.63) is 27.2 Å². The quantitative estimate of drug-likeness (QED) is 0.458. The summed E-state index contributed by atoms with van der Waals surface area (Å²) in [6.45, 7) is 11.0. The van der Waals surface area contributed by atoms with E-state index >= 15 is 0 Å². The molecule has 2 saturated carbocycles. The SMILES string of the molecule is CC(C)=C1[C@@H]2CC[C@@H]1[C@@H]1C(=O)N(c3sc4c(c3C#N)CC[C@@H](C(C)(C)C)C4)C(=O)[C@H]12. The molecule has 158 valence electrons. The van der Waals surface area contributed by atoms with E-state index in [-0.39, 0.29) is 40.9 Å². The average Bonchev–Trinajstić information content (AvgIpc) is 3.39. The lowest BCUT2D eigenvalue weighted by atomic mass is 9.72. The molecular weight excluding hydrogens is 392 g/mol. The number of hydrogen-bond donors (Lipinski definition) is 0. The molecule has 1 saturated heterocycles. The fraction of sp³-hybridized carbons (Fsp3) is 0.640. The van der Waals surface area contributed by atoms with E-state index in [4.69, 9.17) is 0 Å². The third-order valence-electron chi connectivity index (χ3n) is 8.22. The summed E-state index contributed by atoms with van der Waals surface area (Å²) in [5, 5.41) is 10.6. The van der Waals surface area contributed by atoms with Gasteiger partial charge >= 0.3 is 0 Å². The molecule has 2 heterocycles. The average molecular weight is 423 g/mol. The summed E-state index contributed by atoms with van der Waals surface area (Å²) in [5.74, 6) is 0.456. The molecule has 0 spiro atoms. The van der Waals surface area contributed by atoms with Gasteiger partial charge in [0.05, 0.1) is 17.4 Å². The Morgan fingerprint density at radius 2 is 1.67 bits per heavy atom. The number of thiophene rings is 1. The summed E-state index contributed by atoms with van der Waals surface area (Å²) in [7, 11) is 0. The molecule has 2 amide bonds. The summed E-state index contributed by atoms with van der Waals surface area (Å²) in [5.41, 5.74) is 4.53. The molecule has 3 fully saturated rings. The van der Waals surface area contributed by atoms with E-state index in [9.17, 15) is 14.9 Å². The van der Waals surface area contributed by atoms with Crippen molar-refractivity contribution in [1.82, 2.24) is 0 Å². The molecule has 0 aromatic carbocycles. The van der Waals surface area contributed by atoms with Crippen LogP contribution in [0.1, 0.15) is 69.9 Å². The molecule has 4 nitrogen and oxygen atoms in total. The Kier molecular flexibility index (Phi) is 4.35. The van der Waals surface area contributed by atoms with Crippen LogP contribution >= 0.6 is 11.3 Å². The zero-order valence-corrected chi connectivity index (χ0v) is 19.4. The first-order valence-corrected chi connectivity index (χ1v) is 12.1. The molecule has 0 radical (unpaired) electrons. The van der Waals surface area contributed by atoms with Crippen LogP contribution in [0.25, 0.3) is 0 Å². The van der Waals surface area contributed by atoms with E-state index in [0.717, 1.165) is 37.7 Å². The zero-order chi connectivity index (χ0) is 21.5. The largest absolute Gasteiger partial charge is 0.274 e. The van der Waals surface area contributed by atoms with Gasteiger partial charge in [0.25, 0.3) is 0 Å². The van der Waals surface area contributed by atoms with E-state index in [1.165, 1.54) is 32.3 Å². The summed E-state index contributed by atoms with van der Waals surface area (Å²) in [6.07, 6.45) is 4.89. The number of fused-ring (bicyclic) bond motifs is 6. The minimum atomic E-state index is -0.214. The second kappa shape index (κ2) is 6.53. The van der Waals surface area contributed by atoms with E-state index in [1.807, 2.05) is 0 Å². The number of anilines is 1. The molecule has 4 aliphatic rings. The molecule has 5 rings (SSSR count). The highest BCUT2D eigenvalue weighted by Crippen LogP contribution is 2.61. The molecule has 3 aliphatic carbocycles. The van der Waals surface area contributed by atoms with Crippen LogP contribution in [-0.4, -0.2) is 11.8 Å². The Balaban J connectivity index is 1.54. The number of amides is 2. The van der Waals surface area contributed by atoms with E-state index < -0.39 is 0 Å². The van der Waals surface area contributed by atoms with Gasteiger partial charge < -0.3 is 0 Å². The topological polar surface area (TPSA) is 61.2 Å². The van der Waals surface area contributed by atoms with Gasteiger partial charge in [0.15, 0.2) is 0 Å². The van der Waals surface area contributed by atoms with Gasteiger partial charge in [-0.1, -0.05) is 31.9 Å². The molecular formula is C25H30N2O2S. The van der Waals surface area contributed by atoms with Crippen LogP contribution in [0.5, 0.6) is 0 Å². The van der Waals surface area contributed by atoms with Gasteiger partial charge in [0, 0.05) is 4.88 Å². The number of nitrogens with zero attached hydrogens (tertiary/aromatic N) is 2. The molecule has 1 aromatic rings. The van der Waals surface area contributed by atoms with Crippen LogP contribution in [0, 0.1) is 46.3 Å². The number of rotatable bonds is 1. The van der Waals surface area contributed by atoms with Gasteiger partial charge in [-0.05, 0) is 74.7 Å². The van der Waals surface area contributed by atoms with Crippen molar-refractivity contribution in [2.75, 3.05) is 4.90 Å². The highest BCUT2D eigenvalue weighted by Gasteiger charge is 2.64. The lowest BCUT2D eigenvalue weighted by molar-refractivity contribution is -0.122. The second-order valence-electron chi connectivity index (χ2n) is 10.9. The molecule has 2 bridgehead atoms. The van der Waals surface area contributed by atoms with E-state index in [1.54, 1.807) is 0 Å². The van der Waals surface area contributed by atoms with Gasteiger partial charge in [-0.3, -0.25) is 9.59 Å². The number of imide groups is 1. The Morgan fingerprint density at radius 1 is 1.07 bits per heavy atom. The lowest BCUT2D eigenvalue weighted by Gasteiger charge is -2.33. The summed E-state index contributed by atoms with van der Waals surface area (Å²) < 4.78 is 0. The Bertz CT molecular complexity index is 999. The Labute approximate surface area is 182 Å². The highest BCUT2D eigenvalue weighted by atomic mass is 32.1. The van der Waals surface area contributed by atoms with Gasteiger partial charge in [-0.2, -0.15) is 5.26 Å². The first kappa shape index (κ1) is 20.0. The van der Waals surface area contributed by atoms with Crippen molar-refractivity contribution in [3.8, 4) is 6.07 Å². The summed E-state index contributed by atoms with van der Waals surface area (Å²) >= 11 is 1.53. The van der Waals surface area contributed by atoms with Crippen molar-refractivity contribution in [2.24, 2.45) is 35.0 Å². The molecule has 5 atom stereocenters. The van der Waals surface area contributed by atoms with Crippen molar-refractivity contribution in [2.45, 2.75) is 66.7 Å². The molecule has 0 unspecified atom stereocenters. The molecule has 0 N–H and O–H groups in total. The number of nitriles is 1. The number of carbonyl (C=O) groups excluding carboxylic acids is 2. The van der Waals surface area contributed by atoms with Gasteiger partial charge in [0.2, 0.25) is 11.8 Å². The predicted molar refractivity (Wildman–Crippen MR) is 118 cm³/mol. The Morgan fingerprint density at radius 3 is 2.17 bits per heavy atom. The van der Waals surface area contributed by atoms with Crippen LogP contribution in [0.2, 0.25) is 0 Å². The van der Waals surface area contributed by atoms with Crippen molar-refractivity contribution >= 4 is 28.2 Å². The Hall–Kier alpha value is -1.93.